The average Bonchev–Trinajstić information content (AvgIpc) is 2.29. The molecule has 0 aliphatic heterocycles. The van der Waals surface area contributed by atoms with Gasteiger partial charge in [-0.05, 0) is 30.7 Å². The van der Waals surface area contributed by atoms with Crippen molar-refractivity contribution in [3.63, 3.8) is 0 Å². The number of hydrogen-bond donors (Lipinski definition) is 3. The zero-order valence-corrected chi connectivity index (χ0v) is 10.3. The SMILES string of the molecule is CC(=O)Nc1ccc(NC(=O)OCCO)cc1C. The standard InChI is InChI=1S/C12H16N2O4/c1-8-7-10(14-12(17)18-6-5-15)3-4-11(8)13-9(2)16/h3-4,7,15H,5-6H2,1-2H3,(H,13,16)(H,14,17). The van der Waals surface area contributed by atoms with Crippen LogP contribution in [0.3, 0.4) is 0 Å². The normalized spacial score (nSPS) is 9.72. The molecule has 0 atom stereocenters. The smallest absolute Gasteiger partial charge is 0.411 e. The maximum absolute atomic E-state index is 11.2. The Bertz CT molecular complexity index is 446. The molecule has 3 N–H and O–H groups in total. The summed E-state index contributed by atoms with van der Waals surface area (Å²) in [5, 5.41) is 13.7. The number of ether oxygens (including phenoxy) is 1. The highest BCUT2D eigenvalue weighted by Crippen LogP contribution is 2.19. The van der Waals surface area contributed by atoms with Gasteiger partial charge in [0, 0.05) is 18.3 Å². The van der Waals surface area contributed by atoms with E-state index >= 15 is 0 Å². The number of aliphatic hydroxyl groups is 1. The Morgan fingerprint density at radius 3 is 2.61 bits per heavy atom. The fraction of sp³-hybridized carbons (Fsp3) is 0.333. The van der Waals surface area contributed by atoms with Gasteiger partial charge in [-0.3, -0.25) is 10.1 Å². The van der Waals surface area contributed by atoms with Gasteiger partial charge in [-0.15, -0.1) is 0 Å². The highest BCUT2D eigenvalue weighted by Gasteiger charge is 2.05. The summed E-state index contributed by atoms with van der Waals surface area (Å²) in [4.78, 5) is 22.2. The van der Waals surface area contributed by atoms with Gasteiger partial charge in [0.25, 0.3) is 0 Å². The third-order valence-corrected chi connectivity index (χ3v) is 2.11. The van der Waals surface area contributed by atoms with E-state index < -0.39 is 6.09 Å². The first-order valence-electron chi connectivity index (χ1n) is 5.46. The molecule has 0 radical (unpaired) electrons. The van der Waals surface area contributed by atoms with Crippen LogP contribution in [-0.2, 0) is 9.53 Å². The minimum atomic E-state index is -0.629. The van der Waals surface area contributed by atoms with E-state index in [0.29, 0.717) is 11.4 Å². The Morgan fingerprint density at radius 1 is 1.33 bits per heavy atom. The predicted molar refractivity (Wildman–Crippen MR) is 67.5 cm³/mol. The zero-order valence-electron chi connectivity index (χ0n) is 10.3. The number of rotatable bonds is 4. The first kappa shape index (κ1) is 14.0. The van der Waals surface area contributed by atoms with Gasteiger partial charge in [0.05, 0.1) is 6.61 Å². The molecular weight excluding hydrogens is 236 g/mol. The lowest BCUT2D eigenvalue weighted by Gasteiger charge is -2.10. The number of hydrogen-bond acceptors (Lipinski definition) is 4. The molecule has 0 saturated heterocycles. The minimum Gasteiger partial charge on any atom is -0.447 e. The predicted octanol–water partition coefficient (Wildman–Crippen LogP) is 1.49. The molecule has 18 heavy (non-hydrogen) atoms. The van der Waals surface area contributed by atoms with E-state index in [1.165, 1.54) is 6.92 Å². The second-order valence-corrected chi connectivity index (χ2v) is 3.70. The number of carbonyl (C=O) groups excluding carboxylic acids is 2. The van der Waals surface area contributed by atoms with Gasteiger partial charge < -0.3 is 15.2 Å². The molecule has 1 aromatic carbocycles. The van der Waals surface area contributed by atoms with Crippen LogP contribution >= 0.6 is 0 Å². The lowest BCUT2D eigenvalue weighted by molar-refractivity contribution is -0.114. The molecule has 2 amide bonds. The fourth-order valence-electron chi connectivity index (χ4n) is 1.36. The second kappa shape index (κ2) is 6.61. The first-order chi connectivity index (χ1) is 8.52. The second-order valence-electron chi connectivity index (χ2n) is 3.70. The highest BCUT2D eigenvalue weighted by molar-refractivity contribution is 5.90. The van der Waals surface area contributed by atoms with Gasteiger partial charge in [0.15, 0.2) is 0 Å². The zero-order chi connectivity index (χ0) is 13.5. The number of anilines is 2. The molecular formula is C12H16N2O4. The van der Waals surface area contributed by atoms with Crippen molar-refractivity contribution in [2.75, 3.05) is 23.8 Å². The van der Waals surface area contributed by atoms with Crippen molar-refractivity contribution in [1.29, 1.82) is 0 Å². The molecule has 1 aromatic rings. The molecule has 98 valence electrons. The highest BCUT2D eigenvalue weighted by atomic mass is 16.6. The molecule has 6 nitrogen and oxygen atoms in total. The molecule has 0 bridgehead atoms. The molecule has 0 aliphatic carbocycles. The van der Waals surface area contributed by atoms with E-state index in [9.17, 15) is 9.59 Å². The van der Waals surface area contributed by atoms with Crippen LogP contribution in [0.15, 0.2) is 18.2 Å². The van der Waals surface area contributed by atoms with Crippen molar-refractivity contribution in [2.45, 2.75) is 13.8 Å². The molecule has 1 rings (SSSR count). The Morgan fingerprint density at radius 2 is 2.06 bits per heavy atom. The Kier molecular flexibility index (Phi) is 5.13. The van der Waals surface area contributed by atoms with E-state index in [1.54, 1.807) is 18.2 Å². The van der Waals surface area contributed by atoms with Crippen molar-refractivity contribution >= 4 is 23.4 Å². The quantitative estimate of drug-likeness (QED) is 0.757. The van der Waals surface area contributed by atoms with Gasteiger partial charge in [0.2, 0.25) is 5.91 Å². The molecule has 0 unspecified atom stereocenters. The minimum absolute atomic E-state index is 0.0468. The van der Waals surface area contributed by atoms with Crippen LogP contribution in [0.5, 0.6) is 0 Å². The van der Waals surface area contributed by atoms with Gasteiger partial charge in [0.1, 0.15) is 6.61 Å². The lowest BCUT2D eigenvalue weighted by Crippen LogP contribution is -2.16. The van der Waals surface area contributed by atoms with Crippen molar-refractivity contribution in [3.05, 3.63) is 23.8 Å². The summed E-state index contributed by atoms with van der Waals surface area (Å²) < 4.78 is 4.66. The number of amides is 2. The summed E-state index contributed by atoms with van der Waals surface area (Å²) in [6.07, 6.45) is -0.629. The van der Waals surface area contributed by atoms with Crippen LogP contribution in [0.4, 0.5) is 16.2 Å². The molecule has 0 spiro atoms. The van der Waals surface area contributed by atoms with Gasteiger partial charge in [-0.25, -0.2) is 4.79 Å². The van der Waals surface area contributed by atoms with Gasteiger partial charge in [-0.2, -0.15) is 0 Å². The topological polar surface area (TPSA) is 87.7 Å². The Balaban J connectivity index is 2.66. The first-order valence-corrected chi connectivity index (χ1v) is 5.46. The Hall–Kier alpha value is -2.08. The van der Waals surface area contributed by atoms with E-state index in [-0.39, 0.29) is 19.1 Å². The van der Waals surface area contributed by atoms with Crippen LogP contribution in [0.1, 0.15) is 12.5 Å². The third-order valence-electron chi connectivity index (χ3n) is 2.11. The third kappa shape index (κ3) is 4.42. The summed E-state index contributed by atoms with van der Waals surface area (Å²) in [7, 11) is 0. The van der Waals surface area contributed by atoms with Crippen LogP contribution in [-0.4, -0.2) is 30.3 Å². The summed E-state index contributed by atoms with van der Waals surface area (Å²) in [6, 6.07) is 5.06. The van der Waals surface area contributed by atoms with Crippen LogP contribution in [0.25, 0.3) is 0 Å². The fourth-order valence-corrected chi connectivity index (χ4v) is 1.36. The number of aryl methyl sites for hydroxylation is 1. The summed E-state index contributed by atoms with van der Waals surface area (Å²) in [5.74, 6) is -0.152. The summed E-state index contributed by atoms with van der Waals surface area (Å²) >= 11 is 0. The number of aliphatic hydroxyl groups excluding tert-OH is 1. The monoisotopic (exact) mass is 252 g/mol. The van der Waals surface area contributed by atoms with Gasteiger partial charge in [-0.1, -0.05) is 0 Å². The molecule has 0 aliphatic rings. The molecule has 0 saturated carbocycles. The van der Waals surface area contributed by atoms with Crippen molar-refractivity contribution in [3.8, 4) is 0 Å². The van der Waals surface area contributed by atoms with Crippen molar-refractivity contribution in [2.24, 2.45) is 0 Å². The number of carbonyl (C=O) groups is 2. The summed E-state index contributed by atoms with van der Waals surface area (Å²) in [5.41, 5.74) is 2.08. The van der Waals surface area contributed by atoms with Crippen LogP contribution in [0, 0.1) is 6.92 Å². The molecule has 0 heterocycles. The van der Waals surface area contributed by atoms with E-state index in [0.717, 1.165) is 5.56 Å². The van der Waals surface area contributed by atoms with Crippen LogP contribution < -0.4 is 10.6 Å². The molecule has 0 aromatic heterocycles. The number of nitrogens with one attached hydrogen (secondary N) is 2. The van der Waals surface area contributed by atoms with E-state index in [4.69, 9.17) is 5.11 Å². The largest absolute Gasteiger partial charge is 0.447 e. The summed E-state index contributed by atoms with van der Waals surface area (Å²) in [6.45, 7) is 2.98. The van der Waals surface area contributed by atoms with Crippen molar-refractivity contribution in [1.82, 2.24) is 0 Å². The average molecular weight is 252 g/mol. The van der Waals surface area contributed by atoms with E-state index in [2.05, 4.69) is 15.4 Å². The lowest BCUT2D eigenvalue weighted by atomic mass is 10.2. The molecule has 0 fully saturated rings. The number of benzene rings is 1. The maximum Gasteiger partial charge on any atom is 0.411 e. The maximum atomic E-state index is 11.2. The molecule has 6 heteroatoms. The van der Waals surface area contributed by atoms with Gasteiger partial charge >= 0.3 is 6.09 Å². The van der Waals surface area contributed by atoms with Crippen molar-refractivity contribution < 1.29 is 19.4 Å². The van der Waals surface area contributed by atoms with Crippen LogP contribution in [0.2, 0.25) is 0 Å². The van der Waals surface area contributed by atoms with E-state index in [1.807, 2.05) is 6.92 Å². The Labute approximate surface area is 105 Å².